The minimum atomic E-state index is -0.499. The van der Waals surface area contributed by atoms with Crippen molar-refractivity contribution in [3.63, 3.8) is 0 Å². The number of hydrogen-bond acceptors (Lipinski definition) is 6. The van der Waals surface area contributed by atoms with Crippen LogP contribution in [0.3, 0.4) is 0 Å². The lowest BCUT2D eigenvalue weighted by Gasteiger charge is -2.11. The van der Waals surface area contributed by atoms with E-state index in [-0.39, 0.29) is 17.2 Å². The van der Waals surface area contributed by atoms with E-state index in [0.29, 0.717) is 27.9 Å². The molecule has 2 rings (SSSR count). The van der Waals surface area contributed by atoms with Crippen LogP contribution in [0.5, 0.6) is 11.5 Å². The molecule has 9 heteroatoms. The van der Waals surface area contributed by atoms with Gasteiger partial charge in [0.25, 0.3) is 0 Å². The number of anilines is 1. The first-order chi connectivity index (χ1) is 13.5. The molecule has 1 N–H and O–H groups in total. The molecule has 0 radical (unpaired) electrons. The van der Waals surface area contributed by atoms with E-state index in [1.54, 1.807) is 24.3 Å². The van der Waals surface area contributed by atoms with E-state index in [1.807, 2.05) is 0 Å². The van der Waals surface area contributed by atoms with E-state index in [4.69, 9.17) is 32.7 Å². The van der Waals surface area contributed by atoms with Crippen LogP contribution in [0, 0.1) is 10.1 Å². The van der Waals surface area contributed by atoms with Crippen molar-refractivity contribution in [1.29, 1.82) is 0 Å². The number of benzene rings is 2. The molecule has 0 spiro atoms. The van der Waals surface area contributed by atoms with Crippen LogP contribution in [0.25, 0.3) is 0 Å². The monoisotopic (exact) mass is 425 g/mol. The molecule has 2 aromatic carbocycles. The zero-order chi connectivity index (χ0) is 20.5. The van der Waals surface area contributed by atoms with Gasteiger partial charge in [0.2, 0.25) is 5.75 Å². The summed E-state index contributed by atoms with van der Waals surface area (Å²) in [7, 11) is 1.44. The lowest BCUT2D eigenvalue weighted by Crippen LogP contribution is -2.04. The summed E-state index contributed by atoms with van der Waals surface area (Å²) in [6.07, 6.45) is 4.28. The quantitative estimate of drug-likeness (QED) is 0.220. The van der Waals surface area contributed by atoms with Crippen LogP contribution in [0.15, 0.2) is 35.4 Å². The molecule has 2 aromatic rings. The average molecular weight is 426 g/mol. The molecule has 0 saturated carbocycles. The van der Waals surface area contributed by atoms with Gasteiger partial charge in [0.1, 0.15) is 0 Å². The lowest BCUT2D eigenvalue weighted by atomic mass is 10.2. The van der Waals surface area contributed by atoms with Gasteiger partial charge in [-0.1, -0.05) is 43.0 Å². The minimum absolute atomic E-state index is 0.123. The first-order valence-corrected chi connectivity index (χ1v) is 9.45. The summed E-state index contributed by atoms with van der Waals surface area (Å²) in [5.74, 6) is 0.403. The molecule has 28 heavy (non-hydrogen) atoms. The van der Waals surface area contributed by atoms with Gasteiger partial charge < -0.3 is 9.47 Å². The highest BCUT2D eigenvalue weighted by atomic mass is 35.5. The van der Waals surface area contributed by atoms with Crippen LogP contribution >= 0.6 is 23.2 Å². The molecule has 0 amide bonds. The molecular formula is C19H21Cl2N3O4. The molecular weight excluding hydrogens is 405 g/mol. The Labute approximate surface area is 173 Å². The van der Waals surface area contributed by atoms with Gasteiger partial charge in [-0.25, -0.2) is 0 Å². The molecule has 0 atom stereocenters. The summed E-state index contributed by atoms with van der Waals surface area (Å²) in [4.78, 5) is 11.0. The molecule has 0 saturated heterocycles. The number of hydrogen-bond donors (Lipinski definition) is 1. The Balaban J connectivity index is 2.20. The SMILES string of the molecule is CCCCCOc1c(OC)cc(C=NNc2ccc(Cl)c(Cl)c2)cc1[N+](=O)[O-]. The number of methoxy groups -OCH3 is 1. The van der Waals surface area contributed by atoms with Crippen LogP contribution in [-0.2, 0) is 0 Å². The van der Waals surface area contributed by atoms with Crippen molar-refractivity contribution in [3.05, 3.63) is 56.1 Å². The third kappa shape index (κ3) is 6.00. The van der Waals surface area contributed by atoms with Crippen molar-refractivity contribution in [2.24, 2.45) is 5.10 Å². The molecule has 0 aromatic heterocycles. The van der Waals surface area contributed by atoms with E-state index in [0.717, 1.165) is 19.3 Å². The number of nitro benzene ring substituents is 1. The highest BCUT2D eigenvalue weighted by Crippen LogP contribution is 2.38. The molecule has 150 valence electrons. The number of hydrazone groups is 1. The average Bonchev–Trinajstić information content (AvgIpc) is 2.68. The van der Waals surface area contributed by atoms with Gasteiger partial charge in [0.05, 0.1) is 40.6 Å². The van der Waals surface area contributed by atoms with Crippen LogP contribution in [-0.4, -0.2) is 24.9 Å². The molecule has 0 aliphatic heterocycles. The van der Waals surface area contributed by atoms with E-state index in [2.05, 4.69) is 17.5 Å². The van der Waals surface area contributed by atoms with Gasteiger partial charge in [-0.15, -0.1) is 0 Å². The van der Waals surface area contributed by atoms with Gasteiger partial charge in [0.15, 0.2) is 5.75 Å². The Morgan fingerprint density at radius 3 is 2.64 bits per heavy atom. The Morgan fingerprint density at radius 2 is 2.00 bits per heavy atom. The van der Waals surface area contributed by atoms with Crippen molar-refractivity contribution in [2.75, 3.05) is 19.1 Å². The number of nitrogens with one attached hydrogen (secondary N) is 1. The molecule has 0 fully saturated rings. The second-order valence-electron chi connectivity index (χ2n) is 5.88. The molecule has 0 aliphatic rings. The first-order valence-electron chi connectivity index (χ1n) is 8.69. The Hall–Kier alpha value is -2.51. The largest absolute Gasteiger partial charge is 0.493 e. The smallest absolute Gasteiger partial charge is 0.315 e. The van der Waals surface area contributed by atoms with Crippen molar-refractivity contribution >= 4 is 40.8 Å². The van der Waals surface area contributed by atoms with Gasteiger partial charge >= 0.3 is 5.69 Å². The fraction of sp³-hybridized carbons (Fsp3) is 0.316. The van der Waals surface area contributed by atoms with Crippen LogP contribution in [0.4, 0.5) is 11.4 Å². The van der Waals surface area contributed by atoms with Crippen LogP contribution in [0.1, 0.15) is 31.7 Å². The van der Waals surface area contributed by atoms with Gasteiger partial charge in [-0.3, -0.25) is 15.5 Å². The lowest BCUT2D eigenvalue weighted by molar-refractivity contribution is -0.386. The summed E-state index contributed by atoms with van der Waals surface area (Å²) < 4.78 is 10.9. The zero-order valence-corrected chi connectivity index (χ0v) is 17.1. The summed E-state index contributed by atoms with van der Waals surface area (Å²) >= 11 is 11.8. The maximum absolute atomic E-state index is 11.5. The predicted molar refractivity (Wildman–Crippen MR) is 112 cm³/mol. The minimum Gasteiger partial charge on any atom is -0.493 e. The van der Waals surface area contributed by atoms with Gasteiger partial charge in [-0.2, -0.15) is 5.10 Å². The summed E-state index contributed by atoms with van der Waals surface area (Å²) in [6.45, 7) is 2.46. The van der Waals surface area contributed by atoms with Crippen LogP contribution < -0.4 is 14.9 Å². The summed E-state index contributed by atoms with van der Waals surface area (Å²) in [6, 6.07) is 7.99. The first kappa shape index (κ1) is 21.8. The summed E-state index contributed by atoms with van der Waals surface area (Å²) in [5, 5.41) is 16.4. The normalized spacial score (nSPS) is 10.9. The van der Waals surface area contributed by atoms with E-state index >= 15 is 0 Å². The summed E-state index contributed by atoms with van der Waals surface area (Å²) in [5.41, 5.74) is 3.73. The maximum atomic E-state index is 11.5. The third-order valence-corrected chi connectivity index (χ3v) is 4.53. The predicted octanol–water partition coefficient (Wildman–Crippen LogP) is 5.93. The number of halogens is 2. The molecule has 0 aliphatic carbocycles. The molecule has 0 heterocycles. The molecule has 7 nitrogen and oxygen atoms in total. The number of nitro groups is 1. The van der Waals surface area contributed by atoms with E-state index in [9.17, 15) is 10.1 Å². The van der Waals surface area contributed by atoms with Gasteiger partial charge in [0, 0.05) is 11.6 Å². The molecule has 0 unspecified atom stereocenters. The maximum Gasteiger partial charge on any atom is 0.315 e. The van der Waals surface area contributed by atoms with Crippen LogP contribution in [0.2, 0.25) is 10.0 Å². The fourth-order valence-electron chi connectivity index (χ4n) is 2.39. The third-order valence-electron chi connectivity index (χ3n) is 3.80. The second kappa shape index (κ2) is 10.7. The van der Waals surface area contributed by atoms with Crippen molar-refractivity contribution in [1.82, 2.24) is 0 Å². The topological polar surface area (TPSA) is 86.0 Å². The number of nitrogens with zero attached hydrogens (tertiary/aromatic N) is 2. The van der Waals surface area contributed by atoms with Crippen molar-refractivity contribution in [2.45, 2.75) is 26.2 Å². The number of unbranched alkanes of at least 4 members (excludes halogenated alkanes) is 2. The zero-order valence-electron chi connectivity index (χ0n) is 15.6. The van der Waals surface area contributed by atoms with E-state index < -0.39 is 4.92 Å². The number of ether oxygens (including phenoxy) is 2. The Morgan fingerprint density at radius 1 is 1.21 bits per heavy atom. The highest BCUT2D eigenvalue weighted by molar-refractivity contribution is 6.42. The number of rotatable bonds is 10. The van der Waals surface area contributed by atoms with Gasteiger partial charge in [-0.05, 0) is 30.7 Å². The molecule has 0 bridgehead atoms. The van der Waals surface area contributed by atoms with Crippen molar-refractivity contribution < 1.29 is 14.4 Å². The standard InChI is InChI=1S/C19H21Cl2N3O4/c1-3-4-5-8-28-19-17(24(25)26)9-13(10-18(19)27-2)12-22-23-14-6-7-15(20)16(21)11-14/h6-7,9-12,23H,3-5,8H2,1-2H3. The van der Waals surface area contributed by atoms with Crippen molar-refractivity contribution in [3.8, 4) is 11.5 Å². The second-order valence-corrected chi connectivity index (χ2v) is 6.70. The fourth-order valence-corrected chi connectivity index (χ4v) is 2.69. The highest BCUT2D eigenvalue weighted by Gasteiger charge is 2.22. The Bertz CT molecular complexity index is 859. The Kier molecular flexibility index (Phi) is 8.35. The van der Waals surface area contributed by atoms with E-state index in [1.165, 1.54) is 19.4 Å².